The molecule has 29 heavy (non-hydrogen) atoms. The number of benzene rings is 1. The lowest BCUT2D eigenvalue weighted by Crippen LogP contribution is -2.23. The van der Waals surface area contributed by atoms with Crippen molar-refractivity contribution < 1.29 is 14.6 Å². The monoisotopic (exact) mass is 393 g/mol. The molecule has 150 valence electrons. The van der Waals surface area contributed by atoms with Crippen LogP contribution in [0.1, 0.15) is 27.2 Å². The zero-order chi connectivity index (χ0) is 20.8. The van der Waals surface area contributed by atoms with Crippen molar-refractivity contribution in [2.24, 2.45) is 0 Å². The zero-order valence-corrected chi connectivity index (χ0v) is 16.1. The molecule has 0 atom stereocenters. The summed E-state index contributed by atoms with van der Waals surface area (Å²) < 4.78 is 7.24. The topological polar surface area (TPSA) is 115 Å². The minimum atomic E-state index is -0.266. The van der Waals surface area contributed by atoms with Gasteiger partial charge in [0.1, 0.15) is 23.9 Å². The van der Waals surface area contributed by atoms with E-state index in [1.54, 1.807) is 23.9 Å². The van der Waals surface area contributed by atoms with E-state index in [1.807, 2.05) is 30.3 Å². The Balaban J connectivity index is 1.67. The fourth-order valence-electron chi connectivity index (χ4n) is 2.81. The molecule has 0 spiro atoms. The molecule has 0 saturated heterocycles. The first-order chi connectivity index (χ1) is 13.9. The maximum atomic E-state index is 12.5. The largest absolute Gasteiger partial charge is 0.509 e. The van der Waals surface area contributed by atoms with Crippen LogP contribution in [0, 0.1) is 6.92 Å². The smallest absolute Gasteiger partial charge is 0.254 e. The Morgan fingerprint density at radius 1 is 1.34 bits per heavy atom. The summed E-state index contributed by atoms with van der Waals surface area (Å²) in [6, 6.07) is 11.4. The minimum absolute atomic E-state index is 0.0733. The van der Waals surface area contributed by atoms with Crippen LogP contribution in [0.3, 0.4) is 0 Å². The Labute approximate surface area is 168 Å². The highest BCUT2D eigenvalue weighted by atomic mass is 16.5. The average molecular weight is 393 g/mol. The number of aryl methyl sites for hydroxylation is 1. The number of pyridine rings is 1. The number of amides is 1. The van der Waals surface area contributed by atoms with E-state index in [-0.39, 0.29) is 24.8 Å². The number of nitrogens with one attached hydrogen (secondary N) is 1. The molecule has 4 N–H and O–H groups in total. The van der Waals surface area contributed by atoms with Crippen molar-refractivity contribution in [3.63, 3.8) is 0 Å². The molecular weight excluding hydrogens is 370 g/mol. The number of nitrogens with zero attached hydrogens (tertiary/aromatic N) is 3. The summed E-state index contributed by atoms with van der Waals surface area (Å²) in [5.74, 6) is 0.348. The van der Waals surface area contributed by atoms with E-state index in [9.17, 15) is 9.90 Å². The molecule has 2 heterocycles. The molecular formula is C21H23N5O3. The lowest BCUT2D eigenvalue weighted by Gasteiger charge is -2.14. The molecule has 0 aliphatic carbocycles. The van der Waals surface area contributed by atoms with Gasteiger partial charge in [-0.3, -0.25) is 9.48 Å². The van der Waals surface area contributed by atoms with Crippen LogP contribution in [0.2, 0.25) is 0 Å². The summed E-state index contributed by atoms with van der Waals surface area (Å²) in [5.41, 5.74) is 8.62. The van der Waals surface area contributed by atoms with Gasteiger partial charge in [0.05, 0.1) is 18.3 Å². The predicted octanol–water partition coefficient (Wildman–Crippen LogP) is 2.60. The van der Waals surface area contributed by atoms with Gasteiger partial charge in [-0.15, -0.1) is 0 Å². The standard InChI is InChI=1S/C21H23N5O3/c1-14(27)13-29-19-8-20(22)25-15(2)18(19)10-23-21(28)17-9-24-26(12-17)11-16-6-4-3-5-7-16/h3-9,12,27H,1,10-11,13H2,2H3,(H2,22,25)(H,23,28). The molecule has 3 rings (SSSR count). The average Bonchev–Trinajstić information content (AvgIpc) is 3.14. The zero-order valence-electron chi connectivity index (χ0n) is 16.1. The number of ether oxygens (including phenoxy) is 1. The summed E-state index contributed by atoms with van der Waals surface area (Å²) in [6.45, 7) is 5.87. The molecule has 8 nitrogen and oxygen atoms in total. The van der Waals surface area contributed by atoms with Gasteiger partial charge in [-0.2, -0.15) is 5.10 Å². The van der Waals surface area contributed by atoms with Crippen molar-refractivity contribution in [2.45, 2.75) is 20.0 Å². The number of aromatic nitrogens is 3. The third-order valence-electron chi connectivity index (χ3n) is 4.21. The highest BCUT2D eigenvalue weighted by Gasteiger charge is 2.14. The van der Waals surface area contributed by atoms with Crippen LogP contribution in [-0.4, -0.2) is 32.4 Å². The maximum absolute atomic E-state index is 12.5. The Bertz CT molecular complexity index is 1010. The summed E-state index contributed by atoms with van der Waals surface area (Å²) >= 11 is 0. The second kappa shape index (κ2) is 8.92. The number of hydrogen-bond donors (Lipinski definition) is 3. The van der Waals surface area contributed by atoms with Crippen LogP contribution in [0.4, 0.5) is 5.82 Å². The van der Waals surface area contributed by atoms with E-state index in [0.717, 1.165) is 5.56 Å². The van der Waals surface area contributed by atoms with E-state index >= 15 is 0 Å². The lowest BCUT2D eigenvalue weighted by atomic mass is 10.1. The summed E-state index contributed by atoms with van der Waals surface area (Å²) in [4.78, 5) is 16.7. The van der Waals surface area contributed by atoms with Gasteiger partial charge < -0.3 is 20.9 Å². The van der Waals surface area contributed by atoms with Crippen LogP contribution in [0.15, 0.2) is 61.1 Å². The number of nitrogen functional groups attached to an aromatic ring is 1. The fourth-order valence-corrected chi connectivity index (χ4v) is 2.81. The van der Waals surface area contributed by atoms with Crippen molar-refractivity contribution in [1.29, 1.82) is 0 Å². The lowest BCUT2D eigenvalue weighted by molar-refractivity contribution is 0.0950. The molecule has 0 saturated carbocycles. The Morgan fingerprint density at radius 2 is 2.10 bits per heavy atom. The number of anilines is 1. The first-order valence-corrected chi connectivity index (χ1v) is 9.02. The number of carbonyl (C=O) groups is 1. The molecule has 2 aromatic heterocycles. The molecule has 0 unspecified atom stereocenters. The first kappa shape index (κ1) is 19.9. The predicted molar refractivity (Wildman–Crippen MR) is 110 cm³/mol. The first-order valence-electron chi connectivity index (χ1n) is 9.02. The number of aliphatic hydroxyl groups excluding tert-OH is 1. The van der Waals surface area contributed by atoms with Crippen molar-refractivity contribution >= 4 is 11.7 Å². The van der Waals surface area contributed by atoms with Gasteiger partial charge in [-0.25, -0.2) is 4.98 Å². The number of nitrogens with two attached hydrogens (primary N) is 1. The third-order valence-corrected chi connectivity index (χ3v) is 4.21. The number of hydrogen-bond acceptors (Lipinski definition) is 6. The van der Waals surface area contributed by atoms with E-state index in [1.165, 1.54) is 6.20 Å². The molecule has 0 aliphatic heterocycles. The summed E-state index contributed by atoms with van der Waals surface area (Å²) in [6.07, 6.45) is 3.23. The maximum Gasteiger partial charge on any atom is 0.254 e. The van der Waals surface area contributed by atoms with E-state index in [2.05, 4.69) is 22.0 Å². The molecule has 1 amide bonds. The molecule has 8 heteroatoms. The van der Waals surface area contributed by atoms with Gasteiger partial charge in [0.2, 0.25) is 0 Å². The number of carbonyl (C=O) groups excluding carboxylic acids is 1. The highest BCUT2D eigenvalue weighted by molar-refractivity contribution is 5.93. The summed E-state index contributed by atoms with van der Waals surface area (Å²) in [5, 5.41) is 16.4. The van der Waals surface area contributed by atoms with Crippen LogP contribution in [0.5, 0.6) is 5.75 Å². The normalized spacial score (nSPS) is 10.5. The minimum Gasteiger partial charge on any atom is -0.509 e. The second-order valence-corrected chi connectivity index (χ2v) is 6.56. The van der Waals surface area contributed by atoms with Crippen LogP contribution in [-0.2, 0) is 13.1 Å². The molecule has 0 aliphatic rings. The molecule has 0 fully saturated rings. The van der Waals surface area contributed by atoms with Gasteiger partial charge in [0.25, 0.3) is 5.91 Å². The molecule has 3 aromatic rings. The van der Waals surface area contributed by atoms with Gasteiger partial charge in [0.15, 0.2) is 0 Å². The Kier molecular flexibility index (Phi) is 6.13. The summed E-state index contributed by atoms with van der Waals surface area (Å²) in [7, 11) is 0. The van der Waals surface area contributed by atoms with Gasteiger partial charge in [-0.1, -0.05) is 36.9 Å². The van der Waals surface area contributed by atoms with Crippen LogP contribution in [0.25, 0.3) is 0 Å². The fraction of sp³-hybridized carbons (Fsp3) is 0.190. The van der Waals surface area contributed by atoms with Crippen molar-refractivity contribution in [2.75, 3.05) is 12.3 Å². The van der Waals surface area contributed by atoms with E-state index < -0.39 is 0 Å². The van der Waals surface area contributed by atoms with Crippen molar-refractivity contribution in [3.05, 3.63) is 83.5 Å². The number of aliphatic hydroxyl groups is 1. The second-order valence-electron chi connectivity index (χ2n) is 6.56. The van der Waals surface area contributed by atoms with Crippen molar-refractivity contribution in [3.8, 4) is 5.75 Å². The molecule has 0 radical (unpaired) electrons. The van der Waals surface area contributed by atoms with Crippen molar-refractivity contribution in [1.82, 2.24) is 20.1 Å². The quantitative estimate of drug-likeness (QED) is 0.507. The van der Waals surface area contributed by atoms with Gasteiger partial charge >= 0.3 is 0 Å². The SMILES string of the molecule is C=C(O)COc1cc(N)nc(C)c1CNC(=O)c1cnn(Cc2ccccc2)c1. The third kappa shape index (κ3) is 5.35. The Hall–Kier alpha value is -3.81. The van der Waals surface area contributed by atoms with Gasteiger partial charge in [0, 0.05) is 30.1 Å². The molecule has 1 aromatic carbocycles. The number of rotatable bonds is 8. The van der Waals surface area contributed by atoms with E-state index in [0.29, 0.717) is 34.9 Å². The van der Waals surface area contributed by atoms with Crippen LogP contribution >= 0.6 is 0 Å². The molecule has 0 bridgehead atoms. The highest BCUT2D eigenvalue weighted by Crippen LogP contribution is 2.24. The van der Waals surface area contributed by atoms with Crippen LogP contribution < -0.4 is 15.8 Å². The van der Waals surface area contributed by atoms with Gasteiger partial charge in [-0.05, 0) is 12.5 Å². The van der Waals surface area contributed by atoms with E-state index in [4.69, 9.17) is 10.5 Å². The Morgan fingerprint density at radius 3 is 2.83 bits per heavy atom.